The monoisotopic (exact) mass is 452 g/mol. The van der Waals surface area contributed by atoms with Gasteiger partial charge in [0.1, 0.15) is 11.5 Å². The van der Waals surface area contributed by atoms with Crippen molar-refractivity contribution < 1.29 is 22.7 Å². The summed E-state index contributed by atoms with van der Waals surface area (Å²) < 4.78 is 38.6. The van der Waals surface area contributed by atoms with Gasteiger partial charge in [0.15, 0.2) is 6.61 Å². The summed E-state index contributed by atoms with van der Waals surface area (Å²) in [5, 5.41) is 0. The fourth-order valence-corrected chi connectivity index (χ4v) is 4.83. The number of nitrogens with zero attached hydrogens (tertiary/aromatic N) is 1. The molecule has 1 N–H and O–H groups in total. The number of ether oxygens (including phenoxy) is 2. The first-order chi connectivity index (χ1) is 15.4. The molecule has 1 amide bonds. The number of hydrogen-bond acceptors (Lipinski definition) is 5. The van der Waals surface area contributed by atoms with Gasteiger partial charge >= 0.3 is 0 Å². The van der Waals surface area contributed by atoms with Gasteiger partial charge in [-0.15, -0.1) is 0 Å². The number of benzene rings is 3. The van der Waals surface area contributed by atoms with E-state index in [1.54, 1.807) is 29.2 Å². The maximum atomic E-state index is 12.8. The second-order valence-corrected chi connectivity index (χ2v) is 9.23. The first-order valence-corrected chi connectivity index (χ1v) is 11.7. The Balaban J connectivity index is 1.40. The largest absolute Gasteiger partial charge is 0.497 e. The van der Waals surface area contributed by atoms with Gasteiger partial charge in [-0.2, -0.15) is 0 Å². The van der Waals surface area contributed by atoms with Crippen molar-refractivity contribution in [2.24, 2.45) is 0 Å². The van der Waals surface area contributed by atoms with Gasteiger partial charge in [0.2, 0.25) is 0 Å². The molecule has 3 aromatic carbocycles. The number of hydrogen-bond donors (Lipinski definition) is 1. The zero-order valence-electron chi connectivity index (χ0n) is 17.8. The average Bonchev–Trinajstić information content (AvgIpc) is 3.13. The van der Waals surface area contributed by atoms with Gasteiger partial charge in [-0.25, -0.2) is 8.42 Å². The highest BCUT2D eigenvalue weighted by molar-refractivity contribution is 7.92. The molecule has 0 saturated heterocycles. The Kier molecular flexibility index (Phi) is 6.05. The maximum Gasteiger partial charge on any atom is 0.265 e. The fraction of sp³-hybridized carbons (Fsp3) is 0.208. The topological polar surface area (TPSA) is 84.9 Å². The normalized spacial score (nSPS) is 15.2. The third-order valence-electron chi connectivity index (χ3n) is 5.29. The summed E-state index contributed by atoms with van der Waals surface area (Å²) in [4.78, 5) is 14.6. The quantitative estimate of drug-likeness (QED) is 0.589. The van der Waals surface area contributed by atoms with Crippen molar-refractivity contribution in [3.8, 4) is 11.5 Å². The van der Waals surface area contributed by atoms with Crippen LogP contribution in [0.1, 0.15) is 12.5 Å². The molecule has 0 radical (unpaired) electrons. The molecule has 32 heavy (non-hydrogen) atoms. The summed E-state index contributed by atoms with van der Waals surface area (Å²) in [5.41, 5.74) is 2.46. The van der Waals surface area contributed by atoms with Gasteiger partial charge in [-0.05, 0) is 61.4 Å². The number of amides is 1. The number of carbonyl (C=O) groups is 1. The zero-order valence-corrected chi connectivity index (χ0v) is 18.6. The highest BCUT2D eigenvalue weighted by Gasteiger charge is 2.30. The van der Waals surface area contributed by atoms with E-state index >= 15 is 0 Å². The van der Waals surface area contributed by atoms with Gasteiger partial charge in [-0.1, -0.05) is 24.3 Å². The molecule has 0 unspecified atom stereocenters. The van der Waals surface area contributed by atoms with Crippen LogP contribution in [-0.2, 0) is 21.2 Å². The minimum absolute atomic E-state index is 0.0682. The number of nitrogens with one attached hydrogen (secondary N) is 1. The van der Waals surface area contributed by atoms with Crippen molar-refractivity contribution in [1.82, 2.24) is 0 Å². The summed E-state index contributed by atoms with van der Waals surface area (Å²) in [6, 6.07) is 20.5. The molecule has 0 saturated carbocycles. The van der Waals surface area contributed by atoms with Crippen LogP contribution in [0.3, 0.4) is 0 Å². The Labute approximate surface area is 187 Å². The van der Waals surface area contributed by atoms with Gasteiger partial charge < -0.3 is 14.4 Å². The van der Waals surface area contributed by atoms with Gasteiger partial charge in [0.05, 0.1) is 17.7 Å². The van der Waals surface area contributed by atoms with E-state index in [0.717, 1.165) is 17.7 Å². The third-order valence-corrected chi connectivity index (χ3v) is 6.69. The van der Waals surface area contributed by atoms with Crippen LogP contribution in [0.2, 0.25) is 0 Å². The van der Waals surface area contributed by atoms with E-state index in [9.17, 15) is 13.2 Å². The molecule has 0 spiro atoms. The maximum absolute atomic E-state index is 12.8. The summed E-state index contributed by atoms with van der Waals surface area (Å²) in [5.74, 6) is 0.825. The second kappa shape index (κ2) is 8.92. The minimum Gasteiger partial charge on any atom is -0.497 e. The smallest absolute Gasteiger partial charge is 0.265 e. The number of methoxy groups -OCH3 is 1. The van der Waals surface area contributed by atoms with Crippen LogP contribution in [0.25, 0.3) is 0 Å². The van der Waals surface area contributed by atoms with Crippen LogP contribution in [0.5, 0.6) is 11.5 Å². The van der Waals surface area contributed by atoms with Crippen LogP contribution in [0.4, 0.5) is 11.4 Å². The summed E-state index contributed by atoms with van der Waals surface area (Å²) >= 11 is 0. The molecule has 0 aliphatic carbocycles. The predicted molar refractivity (Wildman–Crippen MR) is 123 cm³/mol. The number of anilines is 2. The zero-order chi connectivity index (χ0) is 22.7. The molecule has 1 aliphatic rings. The summed E-state index contributed by atoms with van der Waals surface area (Å²) in [7, 11) is -2.26. The van der Waals surface area contributed by atoms with Crippen molar-refractivity contribution in [3.05, 3.63) is 78.4 Å². The molecule has 8 heteroatoms. The highest BCUT2D eigenvalue weighted by atomic mass is 32.2. The van der Waals surface area contributed by atoms with E-state index in [0.29, 0.717) is 17.2 Å². The number of sulfonamides is 1. The first-order valence-electron chi connectivity index (χ1n) is 10.2. The number of rotatable bonds is 7. The van der Waals surface area contributed by atoms with Crippen molar-refractivity contribution in [1.29, 1.82) is 0 Å². The first kappa shape index (κ1) is 21.7. The lowest BCUT2D eigenvalue weighted by atomic mass is 10.1. The molecule has 4 rings (SSSR count). The Morgan fingerprint density at radius 3 is 2.53 bits per heavy atom. The molecular weight excluding hydrogens is 428 g/mol. The Hall–Kier alpha value is -3.52. The lowest BCUT2D eigenvalue weighted by Gasteiger charge is -2.22. The van der Waals surface area contributed by atoms with Gasteiger partial charge in [0.25, 0.3) is 15.9 Å². The molecule has 166 valence electrons. The van der Waals surface area contributed by atoms with Gasteiger partial charge in [0, 0.05) is 17.8 Å². The molecular formula is C24H24N2O5S. The van der Waals surface area contributed by atoms with E-state index in [1.807, 2.05) is 31.2 Å². The number of fused-ring (bicyclic) bond motifs is 1. The van der Waals surface area contributed by atoms with E-state index < -0.39 is 10.0 Å². The van der Waals surface area contributed by atoms with Crippen LogP contribution >= 0.6 is 0 Å². The van der Waals surface area contributed by atoms with E-state index in [4.69, 9.17) is 9.47 Å². The van der Waals surface area contributed by atoms with E-state index in [-0.39, 0.29) is 23.5 Å². The molecule has 1 heterocycles. The van der Waals surface area contributed by atoms with Crippen molar-refractivity contribution in [2.75, 3.05) is 23.3 Å². The molecule has 1 atom stereocenters. The lowest BCUT2D eigenvalue weighted by Crippen LogP contribution is -2.39. The highest BCUT2D eigenvalue weighted by Crippen LogP contribution is 2.32. The predicted octanol–water partition coefficient (Wildman–Crippen LogP) is 3.85. The molecule has 0 bridgehead atoms. The van der Waals surface area contributed by atoms with E-state index in [1.165, 1.54) is 31.4 Å². The van der Waals surface area contributed by atoms with Crippen molar-refractivity contribution >= 4 is 27.3 Å². The molecule has 7 nitrogen and oxygen atoms in total. The Bertz CT molecular complexity index is 1230. The van der Waals surface area contributed by atoms with Crippen molar-refractivity contribution in [3.63, 3.8) is 0 Å². The van der Waals surface area contributed by atoms with Crippen LogP contribution in [-0.4, -0.2) is 34.1 Å². The summed E-state index contributed by atoms with van der Waals surface area (Å²) in [6.45, 7) is 1.87. The van der Waals surface area contributed by atoms with E-state index in [2.05, 4.69) is 4.72 Å². The fourth-order valence-electron chi connectivity index (χ4n) is 3.78. The second-order valence-electron chi connectivity index (χ2n) is 7.54. The SMILES string of the molecule is COc1cccc(NS(=O)(=O)c2ccc(OCC(=O)N3c4ccccc4C[C@H]3C)cc2)c1. The Morgan fingerprint density at radius 2 is 1.78 bits per heavy atom. The third kappa shape index (κ3) is 4.55. The lowest BCUT2D eigenvalue weighted by molar-refractivity contribution is -0.120. The molecule has 3 aromatic rings. The van der Waals surface area contributed by atoms with Gasteiger partial charge in [-0.3, -0.25) is 9.52 Å². The van der Waals surface area contributed by atoms with Crippen molar-refractivity contribution in [2.45, 2.75) is 24.3 Å². The minimum atomic E-state index is -3.78. The molecule has 1 aliphatic heterocycles. The summed E-state index contributed by atoms with van der Waals surface area (Å²) in [6.07, 6.45) is 0.814. The number of para-hydroxylation sites is 1. The average molecular weight is 453 g/mol. The van der Waals surface area contributed by atoms with Crippen LogP contribution in [0, 0.1) is 0 Å². The molecule has 0 aromatic heterocycles. The van der Waals surface area contributed by atoms with Crippen LogP contribution in [0.15, 0.2) is 77.7 Å². The van der Waals surface area contributed by atoms with Crippen LogP contribution < -0.4 is 19.1 Å². The standard InChI is InChI=1S/C24H24N2O5S/c1-17-14-18-6-3-4-9-23(18)26(17)24(27)16-31-20-10-12-22(13-11-20)32(28,29)25-19-7-5-8-21(15-19)30-2/h3-13,15,17,25H,14,16H2,1-2H3/t17-/m1/s1. The Morgan fingerprint density at radius 1 is 1.03 bits per heavy atom. The number of carbonyl (C=O) groups excluding carboxylic acids is 1. The molecule has 0 fully saturated rings.